The number of carbonyl (C=O) groups excluding carboxylic acids is 1. The Kier molecular flexibility index (Phi) is 8.76. The minimum atomic E-state index is -4.36. The highest BCUT2D eigenvalue weighted by Crippen LogP contribution is 2.30. The van der Waals surface area contributed by atoms with E-state index in [-0.39, 0.29) is 22.7 Å². The van der Waals surface area contributed by atoms with Gasteiger partial charge < -0.3 is 15.4 Å². The second kappa shape index (κ2) is 11.9. The maximum absolute atomic E-state index is 13.2. The van der Waals surface area contributed by atoms with Gasteiger partial charge in [0.25, 0.3) is 15.9 Å². The van der Waals surface area contributed by atoms with Crippen molar-refractivity contribution in [2.45, 2.75) is 42.4 Å². The second-order valence-electron chi connectivity index (χ2n) is 8.89. The lowest BCUT2D eigenvalue weighted by Gasteiger charge is -2.31. The number of ether oxygens (including phenoxy) is 1. The normalized spacial score (nSPS) is 15.4. The molecule has 204 valence electrons. The fraction of sp³-hybridized carbons (Fsp3) is 0.346. The molecule has 2 N–H and O–H groups in total. The predicted molar refractivity (Wildman–Crippen MR) is 139 cm³/mol. The Morgan fingerprint density at radius 3 is 2.42 bits per heavy atom. The van der Waals surface area contributed by atoms with Gasteiger partial charge in [0, 0.05) is 36.1 Å². The summed E-state index contributed by atoms with van der Waals surface area (Å²) >= 11 is 1.12. The molecule has 0 spiro atoms. The number of hydrogen-bond acceptors (Lipinski definition) is 6. The van der Waals surface area contributed by atoms with Gasteiger partial charge in [-0.05, 0) is 60.9 Å². The zero-order valence-electron chi connectivity index (χ0n) is 20.6. The summed E-state index contributed by atoms with van der Waals surface area (Å²) < 4.78 is 71.3. The van der Waals surface area contributed by atoms with E-state index in [4.69, 9.17) is 4.74 Å². The molecule has 1 aromatic heterocycles. The first-order valence-electron chi connectivity index (χ1n) is 12.0. The molecule has 7 nitrogen and oxygen atoms in total. The Balaban J connectivity index is 1.26. The van der Waals surface area contributed by atoms with Gasteiger partial charge >= 0.3 is 6.18 Å². The maximum atomic E-state index is 13.2. The first-order valence-corrected chi connectivity index (χ1v) is 14.2. The summed E-state index contributed by atoms with van der Waals surface area (Å²) in [5, 5.41) is 6.11. The Morgan fingerprint density at radius 2 is 1.76 bits per heavy atom. The molecular formula is C26H28F3N3O4S2. The summed E-state index contributed by atoms with van der Waals surface area (Å²) in [4.78, 5) is 13.1. The smallest absolute Gasteiger partial charge is 0.416 e. The van der Waals surface area contributed by atoms with Gasteiger partial charge in [-0.1, -0.05) is 18.2 Å². The van der Waals surface area contributed by atoms with Gasteiger partial charge in [-0.2, -0.15) is 17.5 Å². The average molecular weight is 568 g/mol. The summed E-state index contributed by atoms with van der Waals surface area (Å²) in [6.07, 6.45) is -3.18. The molecule has 3 aromatic rings. The highest BCUT2D eigenvalue weighted by atomic mass is 32.2. The standard InChI is InChI=1S/C26H28F3N3O4S2/c1-36-22-4-2-3-19(15-22)25(33)31-17-23-9-10-24(37-23)38(34,35)32-13-11-21(12-14-32)30-16-18-5-7-20(8-6-18)26(27,28)29/h2-10,15,21,30H,11-14,16-17H2,1H3,(H,31,33). The van der Waals surface area contributed by atoms with Gasteiger partial charge in [-0.25, -0.2) is 8.42 Å². The molecule has 0 bridgehead atoms. The van der Waals surface area contributed by atoms with Crippen molar-refractivity contribution in [1.82, 2.24) is 14.9 Å². The van der Waals surface area contributed by atoms with Crippen LogP contribution in [0.1, 0.15) is 39.2 Å². The van der Waals surface area contributed by atoms with E-state index < -0.39 is 21.8 Å². The molecule has 1 saturated heterocycles. The number of alkyl halides is 3. The molecule has 1 amide bonds. The zero-order valence-corrected chi connectivity index (χ0v) is 22.3. The van der Waals surface area contributed by atoms with Gasteiger partial charge in [-0.3, -0.25) is 4.79 Å². The van der Waals surface area contributed by atoms with Crippen LogP contribution in [-0.4, -0.2) is 44.9 Å². The molecular weight excluding hydrogens is 539 g/mol. The van der Waals surface area contributed by atoms with Crippen LogP contribution in [0.5, 0.6) is 5.75 Å². The number of methoxy groups -OCH3 is 1. The minimum Gasteiger partial charge on any atom is -0.497 e. The van der Waals surface area contributed by atoms with Crippen LogP contribution in [0.4, 0.5) is 13.2 Å². The molecule has 0 unspecified atom stereocenters. The van der Waals surface area contributed by atoms with Crippen LogP contribution in [0.2, 0.25) is 0 Å². The van der Waals surface area contributed by atoms with E-state index in [9.17, 15) is 26.4 Å². The van der Waals surface area contributed by atoms with Gasteiger partial charge in [0.1, 0.15) is 9.96 Å². The highest BCUT2D eigenvalue weighted by Gasteiger charge is 2.31. The lowest BCUT2D eigenvalue weighted by atomic mass is 10.1. The molecule has 0 radical (unpaired) electrons. The Bertz CT molecular complexity index is 1350. The van der Waals surface area contributed by atoms with Crippen LogP contribution < -0.4 is 15.4 Å². The lowest BCUT2D eigenvalue weighted by Crippen LogP contribution is -2.44. The Hall–Kier alpha value is -2.93. The van der Waals surface area contributed by atoms with Crippen molar-refractivity contribution in [1.29, 1.82) is 0 Å². The SMILES string of the molecule is COc1cccc(C(=O)NCc2ccc(S(=O)(=O)N3CCC(NCc4ccc(C(F)(F)F)cc4)CC3)s2)c1. The molecule has 4 rings (SSSR count). The number of amides is 1. The summed E-state index contributed by atoms with van der Waals surface area (Å²) in [6.45, 7) is 1.29. The van der Waals surface area contributed by atoms with Crippen LogP contribution in [-0.2, 0) is 29.3 Å². The van der Waals surface area contributed by atoms with Crippen LogP contribution >= 0.6 is 11.3 Å². The molecule has 38 heavy (non-hydrogen) atoms. The number of piperidine rings is 1. The van der Waals surface area contributed by atoms with E-state index in [0.29, 0.717) is 48.7 Å². The summed E-state index contributed by atoms with van der Waals surface area (Å²) in [7, 11) is -2.14. The van der Waals surface area contributed by atoms with Crippen molar-refractivity contribution in [3.05, 3.63) is 82.2 Å². The Morgan fingerprint density at radius 1 is 1.05 bits per heavy atom. The van der Waals surface area contributed by atoms with Crippen molar-refractivity contribution in [2.75, 3.05) is 20.2 Å². The van der Waals surface area contributed by atoms with Gasteiger partial charge in [0.15, 0.2) is 0 Å². The molecule has 2 aromatic carbocycles. The minimum absolute atomic E-state index is 0.0643. The Labute approximate surface area is 223 Å². The van der Waals surface area contributed by atoms with Crippen LogP contribution in [0.15, 0.2) is 64.9 Å². The number of nitrogens with zero attached hydrogens (tertiary/aromatic N) is 1. The van der Waals surface area contributed by atoms with Crippen molar-refractivity contribution in [3.63, 3.8) is 0 Å². The number of nitrogens with one attached hydrogen (secondary N) is 2. The van der Waals surface area contributed by atoms with Crippen molar-refractivity contribution >= 4 is 27.3 Å². The van der Waals surface area contributed by atoms with E-state index >= 15 is 0 Å². The number of sulfonamides is 1. The van der Waals surface area contributed by atoms with Crippen LogP contribution in [0.25, 0.3) is 0 Å². The molecule has 2 heterocycles. The van der Waals surface area contributed by atoms with Crippen molar-refractivity contribution in [3.8, 4) is 5.75 Å². The average Bonchev–Trinajstić information content (AvgIpc) is 3.41. The largest absolute Gasteiger partial charge is 0.497 e. The fourth-order valence-electron chi connectivity index (χ4n) is 4.13. The van der Waals surface area contributed by atoms with Gasteiger partial charge in [0.05, 0.1) is 19.2 Å². The van der Waals surface area contributed by atoms with Crippen molar-refractivity contribution in [2.24, 2.45) is 0 Å². The number of benzene rings is 2. The van der Waals surface area contributed by atoms with Crippen LogP contribution in [0.3, 0.4) is 0 Å². The van der Waals surface area contributed by atoms with E-state index in [2.05, 4.69) is 10.6 Å². The zero-order chi connectivity index (χ0) is 27.3. The van der Waals surface area contributed by atoms with E-state index in [1.165, 1.54) is 23.5 Å². The van der Waals surface area contributed by atoms with Gasteiger partial charge in [-0.15, -0.1) is 11.3 Å². The van der Waals surface area contributed by atoms with Crippen LogP contribution in [0, 0.1) is 0 Å². The number of thiophene rings is 1. The first-order chi connectivity index (χ1) is 18.1. The maximum Gasteiger partial charge on any atom is 0.416 e. The molecule has 0 aliphatic carbocycles. The fourth-order valence-corrected chi connectivity index (χ4v) is 7.05. The summed E-state index contributed by atoms with van der Waals surface area (Å²) in [5.74, 6) is 0.285. The molecule has 0 saturated carbocycles. The molecule has 0 atom stereocenters. The third-order valence-corrected chi connectivity index (χ3v) is 9.77. The topological polar surface area (TPSA) is 87.7 Å². The van der Waals surface area contributed by atoms with Crippen molar-refractivity contribution < 1.29 is 31.1 Å². The number of rotatable bonds is 9. The number of hydrogen-bond donors (Lipinski definition) is 2. The summed E-state index contributed by atoms with van der Waals surface area (Å²) in [5.41, 5.74) is 0.497. The lowest BCUT2D eigenvalue weighted by molar-refractivity contribution is -0.137. The number of carbonyl (C=O) groups is 1. The third kappa shape index (κ3) is 6.93. The third-order valence-electron chi connectivity index (χ3n) is 6.32. The van der Waals surface area contributed by atoms with E-state index in [1.54, 1.807) is 36.4 Å². The monoisotopic (exact) mass is 567 g/mol. The van der Waals surface area contributed by atoms with E-state index in [1.807, 2.05) is 0 Å². The summed E-state index contributed by atoms with van der Waals surface area (Å²) in [6, 6.07) is 15.1. The first kappa shape index (κ1) is 28.1. The van der Waals surface area contributed by atoms with Gasteiger partial charge in [0.2, 0.25) is 0 Å². The molecule has 1 aliphatic heterocycles. The number of halogens is 3. The quantitative estimate of drug-likeness (QED) is 0.393. The molecule has 12 heteroatoms. The highest BCUT2D eigenvalue weighted by molar-refractivity contribution is 7.91. The molecule has 1 aliphatic rings. The van der Waals surface area contributed by atoms with E-state index in [0.717, 1.165) is 29.0 Å². The molecule has 1 fully saturated rings. The predicted octanol–water partition coefficient (Wildman–Crippen LogP) is 4.65. The second-order valence-corrected chi connectivity index (χ2v) is 12.2.